The Bertz CT molecular complexity index is 630. The third kappa shape index (κ3) is 2.32. The number of hydrogen-bond acceptors (Lipinski definition) is 5. The molecule has 0 amide bonds. The van der Waals surface area contributed by atoms with Crippen LogP contribution < -0.4 is 5.32 Å². The molecule has 4 heterocycles. The minimum absolute atomic E-state index is 0.373. The molecular weight excluding hydrogens is 264 g/mol. The highest BCUT2D eigenvalue weighted by molar-refractivity contribution is 5.36. The molecule has 0 aliphatic carbocycles. The molecule has 2 saturated heterocycles. The largest absolute Gasteiger partial charge is 0.317 e. The van der Waals surface area contributed by atoms with Crippen LogP contribution in [0.5, 0.6) is 0 Å². The van der Waals surface area contributed by atoms with Gasteiger partial charge in [-0.25, -0.2) is 0 Å². The van der Waals surface area contributed by atoms with E-state index in [1.165, 1.54) is 32.2 Å². The minimum Gasteiger partial charge on any atom is -0.317 e. The number of aryl methyl sites for hydroxylation is 1. The zero-order valence-corrected chi connectivity index (χ0v) is 12.5. The third-order valence-electron chi connectivity index (χ3n) is 4.79. The number of hydrogen-bond donors (Lipinski definition) is 1. The van der Waals surface area contributed by atoms with Gasteiger partial charge in [0.1, 0.15) is 0 Å². The fraction of sp³-hybridized carbons (Fsp3) is 0.667. The van der Waals surface area contributed by atoms with Crippen molar-refractivity contribution in [3.8, 4) is 0 Å². The molecule has 4 rings (SSSR count). The molecule has 0 spiro atoms. The van der Waals surface area contributed by atoms with Crippen molar-refractivity contribution in [1.29, 1.82) is 0 Å². The van der Waals surface area contributed by atoms with Crippen LogP contribution in [0.3, 0.4) is 0 Å². The highest BCUT2D eigenvalue weighted by atomic mass is 15.4. The number of piperidine rings is 1. The Morgan fingerprint density at radius 3 is 2.86 bits per heavy atom. The van der Waals surface area contributed by atoms with Crippen LogP contribution in [0.1, 0.15) is 43.2 Å². The summed E-state index contributed by atoms with van der Waals surface area (Å²) in [7, 11) is 0. The van der Waals surface area contributed by atoms with E-state index in [2.05, 4.69) is 25.5 Å². The van der Waals surface area contributed by atoms with Crippen molar-refractivity contribution < 1.29 is 0 Å². The van der Waals surface area contributed by atoms with E-state index in [0.29, 0.717) is 12.1 Å². The summed E-state index contributed by atoms with van der Waals surface area (Å²) >= 11 is 0. The Labute approximate surface area is 124 Å². The van der Waals surface area contributed by atoms with Gasteiger partial charge in [0.25, 0.3) is 0 Å². The summed E-state index contributed by atoms with van der Waals surface area (Å²) in [4.78, 5) is 2.64. The van der Waals surface area contributed by atoms with E-state index in [-0.39, 0.29) is 0 Å². The van der Waals surface area contributed by atoms with Crippen molar-refractivity contribution in [2.24, 2.45) is 0 Å². The lowest BCUT2D eigenvalue weighted by Gasteiger charge is -2.34. The van der Waals surface area contributed by atoms with Crippen LogP contribution in [0.2, 0.25) is 0 Å². The number of likely N-dealkylation sites (tertiary alicyclic amines) is 1. The quantitative estimate of drug-likeness (QED) is 0.902. The molecule has 2 fully saturated rings. The summed E-state index contributed by atoms with van der Waals surface area (Å²) < 4.78 is 1.94. The molecule has 0 saturated carbocycles. The number of rotatable bonds is 2. The molecule has 0 aromatic carbocycles. The molecule has 2 aromatic heterocycles. The Morgan fingerprint density at radius 1 is 1.14 bits per heavy atom. The van der Waals surface area contributed by atoms with Crippen molar-refractivity contribution in [3.63, 3.8) is 0 Å². The first-order chi connectivity index (χ1) is 10.3. The van der Waals surface area contributed by atoms with Gasteiger partial charge in [-0.1, -0.05) is 0 Å². The van der Waals surface area contributed by atoms with E-state index in [9.17, 15) is 0 Å². The third-order valence-corrected chi connectivity index (χ3v) is 4.79. The molecule has 112 valence electrons. The van der Waals surface area contributed by atoms with E-state index in [1.54, 1.807) is 0 Å². The Hall–Kier alpha value is -1.53. The summed E-state index contributed by atoms with van der Waals surface area (Å²) in [5.74, 6) is 1.02. The second kappa shape index (κ2) is 5.35. The molecule has 0 radical (unpaired) electrons. The number of nitrogens with zero attached hydrogens (tertiary/aromatic N) is 5. The monoisotopic (exact) mass is 286 g/mol. The Balaban J connectivity index is 1.68. The highest BCUT2D eigenvalue weighted by Crippen LogP contribution is 2.34. The Morgan fingerprint density at radius 2 is 2.00 bits per heavy atom. The van der Waals surface area contributed by atoms with Crippen molar-refractivity contribution >= 4 is 5.65 Å². The molecule has 2 aromatic rings. The van der Waals surface area contributed by atoms with Gasteiger partial charge in [-0.2, -0.15) is 9.61 Å². The van der Waals surface area contributed by atoms with Crippen LogP contribution in [0, 0.1) is 6.92 Å². The molecule has 2 aliphatic heterocycles. The molecule has 21 heavy (non-hydrogen) atoms. The number of nitrogens with one attached hydrogen (secondary N) is 1. The SMILES string of the molecule is Cc1ccc2nnc(C3CCCN3C3CCNCC3)n2n1. The summed E-state index contributed by atoms with van der Waals surface area (Å²) in [5.41, 5.74) is 1.86. The molecule has 0 bridgehead atoms. The van der Waals surface area contributed by atoms with E-state index in [0.717, 1.165) is 30.3 Å². The van der Waals surface area contributed by atoms with Gasteiger partial charge in [0.05, 0.1) is 11.7 Å². The van der Waals surface area contributed by atoms with Crippen LogP contribution in [-0.4, -0.2) is 50.4 Å². The maximum Gasteiger partial charge on any atom is 0.177 e. The van der Waals surface area contributed by atoms with Crippen molar-refractivity contribution in [3.05, 3.63) is 23.7 Å². The van der Waals surface area contributed by atoms with Gasteiger partial charge in [0.15, 0.2) is 11.5 Å². The average molecular weight is 286 g/mol. The maximum absolute atomic E-state index is 4.61. The predicted molar refractivity (Wildman–Crippen MR) is 80.1 cm³/mol. The van der Waals surface area contributed by atoms with Crippen LogP contribution in [-0.2, 0) is 0 Å². The molecule has 6 nitrogen and oxygen atoms in total. The fourth-order valence-electron chi connectivity index (χ4n) is 3.75. The smallest absolute Gasteiger partial charge is 0.177 e. The normalized spacial score (nSPS) is 24.9. The molecule has 2 aliphatic rings. The topological polar surface area (TPSA) is 58.4 Å². The summed E-state index contributed by atoms with van der Waals surface area (Å²) in [6.07, 6.45) is 4.88. The van der Waals surface area contributed by atoms with E-state index >= 15 is 0 Å². The maximum atomic E-state index is 4.61. The van der Waals surface area contributed by atoms with Gasteiger partial charge in [-0.3, -0.25) is 4.90 Å². The average Bonchev–Trinajstić information content (AvgIpc) is 3.13. The van der Waals surface area contributed by atoms with Crippen molar-refractivity contribution in [2.45, 2.75) is 44.7 Å². The van der Waals surface area contributed by atoms with E-state index < -0.39 is 0 Å². The summed E-state index contributed by atoms with van der Waals surface area (Å²) in [6, 6.07) is 5.05. The predicted octanol–water partition coefficient (Wildman–Crippen LogP) is 1.32. The fourth-order valence-corrected chi connectivity index (χ4v) is 3.75. The summed E-state index contributed by atoms with van der Waals surface area (Å²) in [6.45, 7) is 5.45. The summed E-state index contributed by atoms with van der Waals surface area (Å²) in [5, 5.41) is 16.8. The lowest BCUT2D eigenvalue weighted by Crippen LogP contribution is -2.43. The van der Waals surface area contributed by atoms with Gasteiger partial charge in [-0.15, -0.1) is 10.2 Å². The standard InChI is InChI=1S/C15H22N6/c1-11-4-5-14-17-18-15(21(14)19-11)13-3-2-10-20(13)12-6-8-16-9-7-12/h4-5,12-13,16H,2-3,6-10H2,1H3. The zero-order valence-electron chi connectivity index (χ0n) is 12.5. The van der Waals surface area contributed by atoms with Gasteiger partial charge in [0, 0.05) is 6.04 Å². The minimum atomic E-state index is 0.373. The number of aromatic nitrogens is 4. The van der Waals surface area contributed by atoms with Crippen molar-refractivity contribution in [1.82, 2.24) is 30.0 Å². The lowest BCUT2D eigenvalue weighted by atomic mass is 10.0. The van der Waals surface area contributed by atoms with E-state index in [1.807, 2.05) is 23.6 Å². The molecule has 1 N–H and O–H groups in total. The molecule has 1 unspecified atom stereocenters. The second-order valence-electron chi connectivity index (χ2n) is 6.18. The molecule has 6 heteroatoms. The lowest BCUT2D eigenvalue weighted by molar-refractivity contribution is 0.142. The van der Waals surface area contributed by atoms with Crippen LogP contribution >= 0.6 is 0 Å². The van der Waals surface area contributed by atoms with Gasteiger partial charge in [-0.05, 0) is 64.4 Å². The number of fused-ring (bicyclic) bond motifs is 1. The second-order valence-corrected chi connectivity index (χ2v) is 6.18. The highest BCUT2D eigenvalue weighted by Gasteiger charge is 2.35. The first kappa shape index (κ1) is 13.2. The molecule has 1 atom stereocenters. The zero-order chi connectivity index (χ0) is 14.2. The first-order valence-electron chi connectivity index (χ1n) is 7.98. The first-order valence-corrected chi connectivity index (χ1v) is 7.98. The van der Waals surface area contributed by atoms with E-state index in [4.69, 9.17) is 0 Å². The van der Waals surface area contributed by atoms with Crippen LogP contribution in [0.4, 0.5) is 0 Å². The van der Waals surface area contributed by atoms with Gasteiger partial charge >= 0.3 is 0 Å². The Kier molecular flexibility index (Phi) is 3.35. The van der Waals surface area contributed by atoms with Gasteiger partial charge < -0.3 is 5.32 Å². The van der Waals surface area contributed by atoms with Crippen molar-refractivity contribution in [2.75, 3.05) is 19.6 Å². The molecular formula is C15H22N6. The van der Waals surface area contributed by atoms with Gasteiger partial charge in [0.2, 0.25) is 0 Å². The van der Waals surface area contributed by atoms with Crippen LogP contribution in [0.25, 0.3) is 5.65 Å². The van der Waals surface area contributed by atoms with Crippen LogP contribution in [0.15, 0.2) is 12.1 Å².